The molecule has 0 saturated carbocycles. The molecule has 0 heterocycles. The molecule has 0 aliphatic carbocycles. The molecule has 0 spiro atoms. The minimum absolute atomic E-state index is 0.000247. The van der Waals surface area contributed by atoms with E-state index in [0.29, 0.717) is 4.90 Å². The predicted octanol–water partition coefficient (Wildman–Crippen LogP) is 2.32. The Morgan fingerprint density at radius 1 is 1.21 bits per heavy atom. The Hall–Kier alpha value is -0.540. The van der Waals surface area contributed by atoms with Crippen LogP contribution in [0.4, 0.5) is 0 Å². The van der Waals surface area contributed by atoms with Crippen molar-refractivity contribution in [2.75, 3.05) is 11.6 Å². The van der Waals surface area contributed by atoms with Gasteiger partial charge in [-0.25, -0.2) is 8.42 Å². The van der Waals surface area contributed by atoms with Crippen LogP contribution in [-0.4, -0.2) is 20.1 Å². The maximum absolute atomic E-state index is 11.8. The molecular weight excluding hydrogens is 220 g/mol. The van der Waals surface area contributed by atoms with Crippen molar-refractivity contribution in [3.05, 3.63) is 29.3 Å². The molecule has 0 unspecified atom stereocenters. The van der Waals surface area contributed by atoms with Crippen molar-refractivity contribution in [3.63, 3.8) is 0 Å². The van der Waals surface area contributed by atoms with Crippen LogP contribution >= 0.6 is 11.6 Å². The monoisotopic (exact) mass is 232 g/mol. The molecule has 0 amide bonds. The number of sulfone groups is 1. The largest absolute Gasteiger partial charge is 0.224 e. The normalized spacial score (nSPS) is 11.6. The number of rotatable bonds is 3. The molecule has 0 bridgehead atoms. The Morgan fingerprint density at radius 2 is 1.71 bits per heavy atom. The van der Waals surface area contributed by atoms with Gasteiger partial charge in [0.25, 0.3) is 0 Å². The average molecular weight is 233 g/mol. The van der Waals surface area contributed by atoms with Gasteiger partial charge in [-0.15, -0.1) is 11.6 Å². The second-order valence-corrected chi connectivity index (χ2v) is 5.65. The summed E-state index contributed by atoms with van der Waals surface area (Å²) >= 11 is 5.46. The number of hydrogen-bond donors (Lipinski definition) is 0. The fraction of sp³-hybridized carbons (Fsp3) is 0.400. The standard InChI is InChI=1S/C10H13ClO2S/c1-8-4-3-5-9(2)10(8)14(12,13)7-6-11/h3-5H,6-7H2,1-2H3. The first kappa shape index (κ1) is 11.5. The van der Waals surface area contributed by atoms with E-state index in [9.17, 15) is 8.42 Å². The van der Waals surface area contributed by atoms with Crippen molar-refractivity contribution < 1.29 is 8.42 Å². The summed E-state index contributed by atoms with van der Waals surface area (Å²) < 4.78 is 23.6. The van der Waals surface area contributed by atoms with Gasteiger partial charge in [-0.1, -0.05) is 18.2 Å². The van der Waals surface area contributed by atoms with E-state index in [0.717, 1.165) is 11.1 Å². The first-order chi connectivity index (χ1) is 6.49. The number of aryl methyl sites for hydroxylation is 2. The number of hydrogen-bond acceptors (Lipinski definition) is 2. The lowest BCUT2D eigenvalue weighted by Crippen LogP contribution is -2.11. The van der Waals surface area contributed by atoms with E-state index in [2.05, 4.69) is 0 Å². The molecule has 4 heteroatoms. The third kappa shape index (κ3) is 2.28. The highest BCUT2D eigenvalue weighted by Crippen LogP contribution is 2.20. The Morgan fingerprint density at radius 3 is 2.14 bits per heavy atom. The van der Waals surface area contributed by atoms with Gasteiger partial charge in [-0.3, -0.25) is 0 Å². The summed E-state index contributed by atoms with van der Waals surface area (Å²) in [6, 6.07) is 5.45. The van der Waals surface area contributed by atoms with Crippen LogP contribution in [0.5, 0.6) is 0 Å². The topological polar surface area (TPSA) is 34.1 Å². The molecule has 78 valence electrons. The fourth-order valence-electron chi connectivity index (χ4n) is 1.49. The van der Waals surface area contributed by atoms with Crippen molar-refractivity contribution >= 4 is 21.4 Å². The maximum Gasteiger partial charge on any atom is 0.180 e. The summed E-state index contributed by atoms with van der Waals surface area (Å²) in [5, 5.41) is 0. The zero-order valence-electron chi connectivity index (χ0n) is 8.25. The highest BCUT2D eigenvalue weighted by atomic mass is 35.5. The second kappa shape index (κ2) is 4.32. The Bertz CT molecular complexity index is 403. The van der Waals surface area contributed by atoms with Crippen LogP contribution in [0.2, 0.25) is 0 Å². The van der Waals surface area contributed by atoms with Crippen LogP contribution in [0.25, 0.3) is 0 Å². The molecule has 0 aromatic heterocycles. The van der Waals surface area contributed by atoms with Gasteiger partial charge >= 0.3 is 0 Å². The summed E-state index contributed by atoms with van der Waals surface area (Å²) in [7, 11) is -3.20. The summed E-state index contributed by atoms with van der Waals surface area (Å²) in [6.45, 7) is 3.60. The van der Waals surface area contributed by atoms with E-state index in [1.165, 1.54) is 0 Å². The molecule has 0 N–H and O–H groups in total. The molecule has 1 rings (SSSR count). The van der Waals surface area contributed by atoms with Gasteiger partial charge in [0.2, 0.25) is 0 Å². The molecule has 0 fully saturated rings. The van der Waals surface area contributed by atoms with Gasteiger partial charge in [0.05, 0.1) is 10.6 Å². The molecule has 1 aromatic rings. The van der Waals surface area contributed by atoms with Crippen LogP contribution in [-0.2, 0) is 9.84 Å². The first-order valence-corrected chi connectivity index (χ1v) is 6.52. The smallest absolute Gasteiger partial charge is 0.180 e. The first-order valence-electron chi connectivity index (χ1n) is 4.34. The lowest BCUT2D eigenvalue weighted by atomic mass is 10.2. The zero-order chi connectivity index (χ0) is 10.8. The highest BCUT2D eigenvalue weighted by molar-refractivity contribution is 7.91. The van der Waals surface area contributed by atoms with Gasteiger partial charge in [0, 0.05) is 5.88 Å². The molecule has 0 saturated heterocycles. The molecule has 14 heavy (non-hydrogen) atoms. The number of benzene rings is 1. The Kier molecular flexibility index (Phi) is 3.56. The summed E-state index contributed by atoms with van der Waals surface area (Å²) in [4.78, 5) is 0.431. The van der Waals surface area contributed by atoms with Crippen molar-refractivity contribution in [1.82, 2.24) is 0 Å². The molecule has 2 nitrogen and oxygen atoms in total. The number of alkyl halides is 1. The van der Waals surface area contributed by atoms with Gasteiger partial charge in [-0.05, 0) is 25.0 Å². The van der Waals surface area contributed by atoms with Gasteiger partial charge in [0.1, 0.15) is 0 Å². The minimum Gasteiger partial charge on any atom is -0.224 e. The summed E-state index contributed by atoms with van der Waals surface area (Å²) in [5.74, 6) is 0.135. The third-order valence-electron chi connectivity index (χ3n) is 2.07. The predicted molar refractivity (Wildman–Crippen MR) is 58.7 cm³/mol. The van der Waals surface area contributed by atoms with Crippen LogP contribution in [0.15, 0.2) is 23.1 Å². The van der Waals surface area contributed by atoms with E-state index in [4.69, 9.17) is 11.6 Å². The van der Waals surface area contributed by atoms with Gasteiger partial charge < -0.3 is 0 Å². The van der Waals surface area contributed by atoms with Crippen LogP contribution in [0, 0.1) is 13.8 Å². The average Bonchev–Trinajstić information content (AvgIpc) is 2.02. The SMILES string of the molecule is Cc1cccc(C)c1S(=O)(=O)CCCl. The Labute approximate surface area is 89.8 Å². The van der Waals surface area contributed by atoms with E-state index in [1.54, 1.807) is 26.0 Å². The lowest BCUT2D eigenvalue weighted by Gasteiger charge is -2.09. The number of halogens is 1. The zero-order valence-corrected chi connectivity index (χ0v) is 9.82. The molecule has 0 aliphatic heterocycles. The molecule has 1 aromatic carbocycles. The van der Waals surface area contributed by atoms with Crippen LogP contribution in [0.1, 0.15) is 11.1 Å². The maximum atomic E-state index is 11.8. The van der Waals surface area contributed by atoms with E-state index >= 15 is 0 Å². The summed E-state index contributed by atoms with van der Waals surface area (Å²) in [5.41, 5.74) is 1.57. The second-order valence-electron chi connectivity index (χ2n) is 3.23. The van der Waals surface area contributed by atoms with Crippen molar-refractivity contribution in [2.45, 2.75) is 18.7 Å². The van der Waals surface area contributed by atoms with Gasteiger partial charge in [-0.2, -0.15) is 0 Å². The molecule has 0 atom stereocenters. The van der Waals surface area contributed by atoms with Crippen molar-refractivity contribution in [2.24, 2.45) is 0 Å². The third-order valence-corrected chi connectivity index (χ3v) is 4.49. The van der Waals surface area contributed by atoms with Crippen molar-refractivity contribution in [3.8, 4) is 0 Å². The molecule has 0 aliphatic rings. The molecule has 0 radical (unpaired) electrons. The van der Waals surface area contributed by atoms with Crippen LogP contribution < -0.4 is 0 Å². The van der Waals surface area contributed by atoms with E-state index < -0.39 is 9.84 Å². The quantitative estimate of drug-likeness (QED) is 0.750. The molecular formula is C10H13ClO2S. The summed E-state index contributed by atoms with van der Waals surface area (Å²) in [6.07, 6.45) is 0. The van der Waals surface area contributed by atoms with E-state index in [1.807, 2.05) is 6.07 Å². The lowest BCUT2D eigenvalue weighted by molar-refractivity contribution is 0.596. The fourth-order valence-corrected chi connectivity index (χ4v) is 3.63. The van der Waals surface area contributed by atoms with Gasteiger partial charge in [0.15, 0.2) is 9.84 Å². The van der Waals surface area contributed by atoms with E-state index in [-0.39, 0.29) is 11.6 Å². The Balaban J connectivity index is 3.32. The minimum atomic E-state index is -3.20. The van der Waals surface area contributed by atoms with Crippen molar-refractivity contribution in [1.29, 1.82) is 0 Å². The van der Waals surface area contributed by atoms with Crippen LogP contribution in [0.3, 0.4) is 0 Å². The highest BCUT2D eigenvalue weighted by Gasteiger charge is 2.18.